The zero-order chi connectivity index (χ0) is 13.5. The van der Waals surface area contributed by atoms with Gasteiger partial charge in [-0.1, -0.05) is 0 Å². The highest BCUT2D eigenvalue weighted by atomic mass is 79.9. The number of rotatable bonds is 3. The number of hydrogen-bond donors (Lipinski definition) is 1. The molecule has 98 valence electrons. The average molecular weight is 320 g/mol. The van der Waals surface area contributed by atoms with Gasteiger partial charge in [0.05, 0.1) is 17.8 Å². The number of fused-ring (bicyclic) bond motifs is 1. The highest BCUT2D eigenvalue weighted by Gasteiger charge is 2.34. The van der Waals surface area contributed by atoms with E-state index < -0.39 is 18.6 Å². The van der Waals surface area contributed by atoms with Crippen LogP contribution in [0, 0.1) is 0 Å². The number of aliphatic hydroxyl groups excluding tert-OH is 1. The number of aliphatic hydroxyl groups is 1. The molecule has 1 unspecified atom stereocenters. The number of nitrogens with zero attached hydrogens (tertiary/aromatic N) is 3. The molecule has 1 N–H and O–H groups in total. The van der Waals surface area contributed by atoms with Crippen LogP contribution in [0.15, 0.2) is 16.9 Å². The molecule has 18 heavy (non-hydrogen) atoms. The Morgan fingerprint density at radius 3 is 2.78 bits per heavy atom. The lowest BCUT2D eigenvalue weighted by molar-refractivity contribution is -0.0263. The summed E-state index contributed by atoms with van der Waals surface area (Å²) in [6.07, 6.45) is 1.48. The maximum Gasteiger partial charge on any atom is 0.265 e. The SMILES string of the molecule is CC(n1c(CO)nc2cnc(Br)cc21)C(C)(F)F. The van der Waals surface area contributed by atoms with Crippen molar-refractivity contribution in [2.45, 2.75) is 32.4 Å². The molecule has 2 aromatic heterocycles. The molecule has 1 atom stereocenters. The maximum absolute atomic E-state index is 13.5. The van der Waals surface area contributed by atoms with E-state index in [0.29, 0.717) is 15.6 Å². The molecule has 0 aliphatic heterocycles. The minimum absolute atomic E-state index is 0.207. The number of aromatic nitrogens is 3. The highest BCUT2D eigenvalue weighted by Crippen LogP contribution is 2.32. The lowest BCUT2D eigenvalue weighted by Gasteiger charge is -2.23. The largest absolute Gasteiger partial charge is 0.388 e. The van der Waals surface area contributed by atoms with Crippen LogP contribution < -0.4 is 0 Å². The van der Waals surface area contributed by atoms with Gasteiger partial charge >= 0.3 is 0 Å². The fourth-order valence-electron chi connectivity index (χ4n) is 1.79. The third kappa shape index (κ3) is 2.24. The van der Waals surface area contributed by atoms with Crippen LogP contribution in [0.5, 0.6) is 0 Å². The van der Waals surface area contributed by atoms with Gasteiger partial charge < -0.3 is 9.67 Å². The molecule has 0 saturated heterocycles. The zero-order valence-electron chi connectivity index (χ0n) is 9.86. The van der Waals surface area contributed by atoms with E-state index >= 15 is 0 Å². The summed E-state index contributed by atoms with van der Waals surface area (Å²) in [5, 5.41) is 9.24. The van der Waals surface area contributed by atoms with Gasteiger partial charge in [-0.3, -0.25) is 0 Å². The molecule has 2 aromatic rings. The van der Waals surface area contributed by atoms with E-state index in [-0.39, 0.29) is 5.82 Å². The van der Waals surface area contributed by atoms with Crippen molar-refractivity contribution in [3.05, 3.63) is 22.7 Å². The Hall–Kier alpha value is -1.08. The molecule has 0 aromatic carbocycles. The van der Waals surface area contributed by atoms with E-state index in [0.717, 1.165) is 6.92 Å². The van der Waals surface area contributed by atoms with Crippen molar-refractivity contribution in [1.82, 2.24) is 14.5 Å². The number of alkyl halides is 2. The molecule has 0 amide bonds. The molecule has 0 aliphatic carbocycles. The van der Waals surface area contributed by atoms with Crippen molar-refractivity contribution < 1.29 is 13.9 Å². The second kappa shape index (κ2) is 4.55. The van der Waals surface area contributed by atoms with Crippen LogP contribution in [0.1, 0.15) is 25.7 Å². The van der Waals surface area contributed by atoms with Gasteiger partial charge in [0.25, 0.3) is 5.92 Å². The average Bonchev–Trinajstić information content (AvgIpc) is 2.64. The van der Waals surface area contributed by atoms with Gasteiger partial charge in [-0.25, -0.2) is 18.7 Å². The Bertz CT molecular complexity index is 579. The predicted octanol–water partition coefficient (Wildman–Crippen LogP) is 2.90. The number of imidazole rings is 1. The van der Waals surface area contributed by atoms with E-state index in [1.54, 1.807) is 6.07 Å². The maximum atomic E-state index is 13.5. The van der Waals surface area contributed by atoms with Gasteiger partial charge in [0.1, 0.15) is 22.6 Å². The number of halogens is 3. The lowest BCUT2D eigenvalue weighted by Crippen LogP contribution is -2.26. The molecule has 0 spiro atoms. The van der Waals surface area contributed by atoms with E-state index in [9.17, 15) is 13.9 Å². The fourth-order valence-corrected chi connectivity index (χ4v) is 2.11. The molecular weight excluding hydrogens is 308 g/mol. The third-order valence-corrected chi connectivity index (χ3v) is 3.31. The van der Waals surface area contributed by atoms with E-state index in [1.165, 1.54) is 17.7 Å². The molecule has 2 heterocycles. The highest BCUT2D eigenvalue weighted by molar-refractivity contribution is 9.10. The third-order valence-electron chi connectivity index (χ3n) is 2.88. The first-order valence-corrected chi connectivity index (χ1v) is 6.15. The van der Waals surface area contributed by atoms with Crippen molar-refractivity contribution in [2.75, 3.05) is 0 Å². The Morgan fingerprint density at radius 2 is 2.22 bits per heavy atom. The van der Waals surface area contributed by atoms with Gasteiger partial charge in [-0.05, 0) is 28.9 Å². The molecule has 0 bridgehead atoms. The number of pyridine rings is 1. The van der Waals surface area contributed by atoms with Crippen LogP contribution in [-0.4, -0.2) is 25.6 Å². The summed E-state index contributed by atoms with van der Waals surface area (Å²) in [5.74, 6) is -2.70. The van der Waals surface area contributed by atoms with Gasteiger partial charge in [0, 0.05) is 6.92 Å². The first-order chi connectivity index (χ1) is 8.34. The quantitative estimate of drug-likeness (QED) is 0.885. The first-order valence-electron chi connectivity index (χ1n) is 5.35. The zero-order valence-corrected chi connectivity index (χ0v) is 11.4. The topological polar surface area (TPSA) is 50.9 Å². The first kappa shape index (κ1) is 13.4. The van der Waals surface area contributed by atoms with Crippen LogP contribution in [0.25, 0.3) is 11.0 Å². The Labute approximate surface area is 111 Å². The van der Waals surface area contributed by atoms with E-state index in [4.69, 9.17) is 0 Å². The van der Waals surface area contributed by atoms with Crippen molar-refractivity contribution >= 4 is 27.0 Å². The molecule has 7 heteroatoms. The second-order valence-electron chi connectivity index (χ2n) is 4.18. The minimum Gasteiger partial charge on any atom is -0.388 e. The molecule has 0 saturated carbocycles. The fraction of sp³-hybridized carbons (Fsp3) is 0.455. The van der Waals surface area contributed by atoms with Crippen molar-refractivity contribution in [3.63, 3.8) is 0 Å². The molecule has 2 rings (SSSR count). The van der Waals surface area contributed by atoms with Gasteiger partial charge in [-0.2, -0.15) is 0 Å². The van der Waals surface area contributed by atoms with Crippen LogP contribution in [0.2, 0.25) is 0 Å². The summed E-state index contributed by atoms with van der Waals surface area (Å²) >= 11 is 3.20. The summed E-state index contributed by atoms with van der Waals surface area (Å²) in [4.78, 5) is 8.09. The van der Waals surface area contributed by atoms with Crippen LogP contribution in [0.4, 0.5) is 8.78 Å². The molecule has 0 radical (unpaired) electrons. The van der Waals surface area contributed by atoms with Crippen molar-refractivity contribution in [2.24, 2.45) is 0 Å². The van der Waals surface area contributed by atoms with Crippen molar-refractivity contribution in [1.29, 1.82) is 0 Å². The summed E-state index contributed by atoms with van der Waals surface area (Å²) in [6, 6.07) is 0.517. The summed E-state index contributed by atoms with van der Waals surface area (Å²) in [6.45, 7) is 1.85. The number of hydrogen-bond acceptors (Lipinski definition) is 3. The van der Waals surface area contributed by atoms with Crippen LogP contribution in [-0.2, 0) is 6.61 Å². The summed E-state index contributed by atoms with van der Waals surface area (Å²) < 4.78 is 28.8. The molecule has 0 fully saturated rings. The predicted molar refractivity (Wildman–Crippen MR) is 66.5 cm³/mol. The lowest BCUT2D eigenvalue weighted by atomic mass is 10.2. The molecule has 4 nitrogen and oxygen atoms in total. The van der Waals surface area contributed by atoms with E-state index in [2.05, 4.69) is 25.9 Å². The van der Waals surface area contributed by atoms with Gasteiger partial charge in [0.15, 0.2) is 0 Å². The summed E-state index contributed by atoms with van der Waals surface area (Å²) in [7, 11) is 0. The van der Waals surface area contributed by atoms with Crippen molar-refractivity contribution in [3.8, 4) is 0 Å². The van der Waals surface area contributed by atoms with Crippen LogP contribution in [0.3, 0.4) is 0 Å². The molecular formula is C11H12BrF2N3O. The summed E-state index contributed by atoms with van der Waals surface area (Å²) in [5.41, 5.74) is 1.01. The van der Waals surface area contributed by atoms with Crippen LogP contribution >= 0.6 is 15.9 Å². The van der Waals surface area contributed by atoms with E-state index in [1.807, 2.05) is 0 Å². The minimum atomic E-state index is -2.91. The van der Waals surface area contributed by atoms with Gasteiger partial charge in [0.2, 0.25) is 0 Å². The monoisotopic (exact) mass is 319 g/mol. The Balaban J connectivity index is 2.70. The molecule has 0 aliphatic rings. The smallest absolute Gasteiger partial charge is 0.265 e. The standard InChI is InChI=1S/C11H12BrF2N3O/c1-6(11(2,13)14)17-8-3-9(12)15-4-7(8)16-10(17)5-18/h3-4,6,18H,5H2,1-2H3. The Kier molecular flexibility index (Phi) is 3.37. The van der Waals surface area contributed by atoms with Gasteiger partial charge in [-0.15, -0.1) is 0 Å². The normalized spacial score (nSPS) is 14.1. The second-order valence-corrected chi connectivity index (χ2v) is 5.00. The Morgan fingerprint density at radius 1 is 1.56 bits per heavy atom.